The van der Waals surface area contributed by atoms with Crippen molar-refractivity contribution in [2.24, 2.45) is 0 Å². The number of benzene rings is 2. The van der Waals surface area contributed by atoms with Crippen LogP contribution in [-0.4, -0.2) is 34.0 Å². The second-order valence-electron chi connectivity index (χ2n) is 7.98. The molecule has 4 nitrogen and oxygen atoms in total. The smallest absolute Gasteiger partial charge is 0.253 e. The number of nitrogens with one attached hydrogen (secondary N) is 1. The molecular weight excluding hydrogens is 348 g/mol. The van der Waals surface area contributed by atoms with E-state index in [0.717, 1.165) is 34.0 Å². The number of nitrogens with zero attached hydrogens (tertiary/aromatic N) is 1. The van der Waals surface area contributed by atoms with Gasteiger partial charge in [0.1, 0.15) is 0 Å². The van der Waals surface area contributed by atoms with Crippen molar-refractivity contribution in [3.05, 3.63) is 70.4 Å². The lowest BCUT2D eigenvalue weighted by atomic mass is 9.82. The number of likely N-dealkylation sites (tertiary alicyclic amines) is 1. The topological polar surface area (TPSA) is 56.3 Å². The molecule has 0 atom stereocenters. The number of amides is 1. The lowest BCUT2D eigenvalue weighted by Gasteiger charge is -2.39. The summed E-state index contributed by atoms with van der Waals surface area (Å²) in [4.78, 5) is 18.4. The average Bonchev–Trinajstić information content (AvgIpc) is 3.03. The molecule has 1 fully saturated rings. The summed E-state index contributed by atoms with van der Waals surface area (Å²) in [6.45, 7) is 7.40. The molecule has 0 unspecified atom stereocenters. The molecule has 0 bridgehead atoms. The summed E-state index contributed by atoms with van der Waals surface area (Å²) in [7, 11) is 0. The van der Waals surface area contributed by atoms with Crippen LogP contribution in [0.3, 0.4) is 0 Å². The van der Waals surface area contributed by atoms with Crippen molar-refractivity contribution in [1.82, 2.24) is 9.88 Å². The van der Waals surface area contributed by atoms with Crippen LogP contribution in [0.5, 0.6) is 0 Å². The van der Waals surface area contributed by atoms with Gasteiger partial charge in [0, 0.05) is 35.2 Å². The highest BCUT2D eigenvalue weighted by Crippen LogP contribution is 2.35. The van der Waals surface area contributed by atoms with Gasteiger partial charge in [-0.05, 0) is 68.0 Å². The fourth-order valence-corrected chi connectivity index (χ4v) is 4.50. The molecule has 1 saturated heterocycles. The molecule has 1 aromatic heterocycles. The van der Waals surface area contributed by atoms with Crippen LogP contribution in [0.2, 0.25) is 0 Å². The lowest BCUT2D eigenvalue weighted by molar-refractivity contribution is -0.0215. The highest BCUT2D eigenvalue weighted by Gasteiger charge is 2.36. The summed E-state index contributed by atoms with van der Waals surface area (Å²) in [6, 6.07) is 13.9. The second-order valence-corrected chi connectivity index (χ2v) is 7.98. The van der Waals surface area contributed by atoms with Crippen molar-refractivity contribution in [2.45, 2.75) is 45.6 Å². The number of aliphatic hydroxyl groups is 1. The van der Waals surface area contributed by atoms with Gasteiger partial charge in [0.05, 0.1) is 5.60 Å². The first-order chi connectivity index (χ1) is 13.4. The Bertz CT molecular complexity index is 1030. The van der Waals surface area contributed by atoms with Gasteiger partial charge in [-0.3, -0.25) is 4.79 Å². The summed E-state index contributed by atoms with van der Waals surface area (Å²) in [5.41, 5.74) is 5.49. The molecule has 0 saturated carbocycles. The number of carbonyl (C=O) groups is 1. The molecule has 2 aromatic carbocycles. The largest absolute Gasteiger partial charge is 0.385 e. The summed E-state index contributed by atoms with van der Waals surface area (Å²) in [6.07, 6.45) is 2.08. The van der Waals surface area contributed by atoms with E-state index in [1.165, 1.54) is 11.3 Å². The van der Waals surface area contributed by atoms with Crippen LogP contribution < -0.4 is 0 Å². The summed E-state index contributed by atoms with van der Waals surface area (Å²) < 4.78 is 0. The summed E-state index contributed by atoms with van der Waals surface area (Å²) >= 11 is 0. The third kappa shape index (κ3) is 3.12. The lowest BCUT2D eigenvalue weighted by Crippen LogP contribution is -2.45. The molecule has 4 rings (SSSR count). The van der Waals surface area contributed by atoms with E-state index in [4.69, 9.17) is 0 Å². The Balaban J connectivity index is 1.53. The molecule has 2 heterocycles. The van der Waals surface area contributed by atoms with Crippen LogP contribution in [0.1, 0.15) is 52.5 Å². The number of rotatable bonds is 3. The Morgan fingerprint density at radius 3 is 2.54 bits per heavy atom. The number of aromatic amines is 1. The SMILES string of the molecule is CCc1[nH]c2ccc(C(=O)N3CCC(O)(c4ccccc4C)CC3)cc2c1C. The maximum Gasteiger partial charge on any atom is 0.253 e. The fourth-order valence-electron chi connectivity index (χ4n) is 4.50. The standard InChI is InChI=1S/C24H28N2O2/c1-4-21-17(3)19-15-18(9-10-22(19)25-21)23(27)26-13-11-24(28,12-14-26)20-8-6-5-7-16(20)2/h5-10,15,25,28H,4,11-14H2,1-3H3. The van der Waals surface area contributed by atoms with Crippen molar-refractivity contribution in [3.8, 4) is 0 Å². The van der Waals surface area contributed by atoms with Gasteiger partial charge in [-0.2, -0.15) is 0 Å². The first-order valence-corrected chi connectivity index (χ1v) is 10.1. The van der Waals surface area contributed by atoms with Crippen molar-refractivity contribution in [2.75, 3.05) is 13.1 Å². The Morgan fingerprint density at radius 2 is 1.86 bits per heavy atom. The molecular formula is C24H28N2O2. The molecule has 28 heavy (non-hydrogen) atoms. The van der Waals surface area contributed by atoms with Crippen LogP contribution in [-0.2, 0) is 12.0 Å². The Morgan fingerprint density at radius 1 is 1.14 bits per heavy atom. The van der Waals surface area contributed by atoms with Gasteiger partial charge >= 0.3 is 0 Å². The molecule has 4 heteroatoms. The highest BCUT2D eigenvalue weighted by molar-refractivity contribution is 5.99. The molecule has 1 aliphatic rings. The minimum absolute atomic E-state index is 0.0485. The number of aryl methyl sites for hydroxylation is 3. The van der Waals surface area contributed by atoms with Gasteiger partial charge in [0.2, 0.25) is 0 Å². The van der Waals surface area contributed by atoms with Gasteiger partial charge in [-0.25, -0.2) is 0 Å². The fraction of sp³-hybridized carbons (Fsp3) is 0.375. The van der Waals surface area contributed by atoms with Gasteiger partial charge in [0.25, 0.3) is 5.91 Å². The minimum Gasteiger partial charge on any atom is -0.385 e. The third-order valence-electron chi connectivity index (χ3n) is 6.29. The van der Waals surface area contributed by atoms with Gasteiger partial charge in [-0.1, -0.05) is 31.2 Å². The molecule has 1 amide bonds. The van der Waals surface area contributed by atoms with E-state index in [-0.39, 0.29) is 5.91 Å². The number of H-pyrrole nitrogens is 1. The molecule has 146 valence electrons. The van der Waals surface area contributed by atoms with Crippen LogP contribution >= 0.6 is 0 Å². The Hall–Kier alpha value is -2.59. The molecule has 2 N–H and O–H groups in total. The Labute approximate surface area is 166 Å². The maximum atomic E-state index is 13.1. The summed E-state index contributed by atoms with van der Waals surface area (Å²) in [5.74, 6) is 0.0485. The Kier molecular flexibility index (Phi) is 4.76. The predicted octanol–water partition coefficient (Wildman–Crippen LogP) is 4.47. The first kappa shape index (κ1) is 18.8. The van der Waals surface area contributed by atoms with Crippen LogP contribution in [0.15, 0.2) is 42.5 Å². The monoisotopic (exact) mass is 376 g/mol. The molecule has 0 spiro atoms. The molecule has 0 radical (unpaired) electrons. The number of carbonyl (C=O) groups excluding carboxylic acids is 1. The average molecular weight is 377 g/mol. The van der Waals surface area contributed by atoms with Gasteiger partial charge < -0.3 is 15.0 Å². The van der Waals surface area contributed by atoms with E-state index < -0.39 is 5.60 Å². The number of hydrogen-bond acceptors (Lipinski definition) is 2. The number of fused-ring (bicyclic) bond motifs is 1. The van der Waals surface area contributed by atoms with Crippen LogP contribution in [0.4, 0.5) is 0 Å². The molecule has 0 aliphatic carbocycles. The van der Waals surface area contributed by atoms with Crippen molar-refractivity contribution in [3.63, 3.8) is 0 Å². The quantitative estimate of drug-likeness (QED) is 0.708. The van der Waals surface area contributed by atoms with E-state index in [0.29, 0.717) is 25.9 Å². The molecule has 3 aromatic rings. The van der Waals surface area contributed by atoms with Crippen LogP contribution in [0, 0.1) is 13.8 Å². The van der Waals surface area contributed by atoms with E-state index in [1.807, 2.05) is 54.3 Å². The summed E-state index contributed by atoms with van der Waals surface area (Å²) in [5, 5.41) is 12.3. The van der Waals surface area contributed by atoms with Crippen LogP contribution in [0.25, 0.3) is 10.9 Å². The van der Waals surface area contributed by atoms with E-state index >= 15 is 0 Å². The van der Waals surface area contributed by atoms with E-state index in [9.17, 15) is 9.90 Å². The zero-order chi connectivity index (χ0) is 19.9. The van der Waals surface area contributed by atoms with Crippen molar-refractivity contribution in [1.29, 1.82) is 0 Å². The number of aromatic nitrogens is 1. The number of piperidine rings is 1. The van der Waals surface area contributed by atoms with Crippen molar-refractivity contribution < 1.29 is 9.90 Å². The van der Waals surface area contributed by atoms with Gasteiger partial charge in [-0.15, -0.1) is 0 Å². The second kappa shape index (κ2) is 7.10. The minimum atomic E-state index is -0.848. The maximum absolute atomic E-state index is 13.1. The zero-order valence-corrected chi connectivity index (χ0v) is 16.9. The first-order valence-electron chi connectivity index (χ1n) is 10.1. The van der Waals surface area contributed by atoms with Crippen molar-refractivity contribution >= 4 is 16.8 Å². The van der Waals surface area contributed by atoms with Gasteiger partial charge in [0.15, 0.2) is 0 Å². The molecule has 1 aliphatic heterocycles. The highest BCUT2D eigenvalue weighted by atomic mass is 16.3. The van der Waals surface area contributed by atoms with E-state index in [2.05, 4.69) is 18.8 Å². The normalized spacial score (nSPS) is 16.5. The predicted molar refractivity (Wildman–Crippen MR) is 113 cm³/mol. The number of hydrogen-bond donors (Lipinski definition) is 2. The van der Waals surface area contributed by atoms with E-state index in [1.54, 1.807) is 0 Å². The zero-order valence-electron chi connectivity index (χ0n) is 16.9. The third-order valence-corrected chi connectivity index (χ3v) is 6.29.